The van der Waals surface area contributed by atoms with E-state index in [0.717, 1.165) is 24.0 Å². The van der Waals surface area contributed by atoms with E-state index in [1.807, 2.05) is 38.1 Å². The zero-order chi connectivity index (χ0) is 24.9. The molecule has 0 aromatic heterocycles. The second-order valence-corrected chi connectivity index (χ2v) is 9.86. The van der Waals surface area contributed by atoms with Gasteiger partial charge in [0, 0.05) is 31.0 Å². The number of rotatable bonds is 8. The van der Waals surface area contributed by atoms with Crippen molar-refractivity contribution in [3.8, 4) is 11.1 Å². The summed E-state index contributed by atoms with van der Waals surface area (Å²) in [5, 5.41) is 12.1. The molecule has 0 spiro atoms. The van der Waals surface area contributed by atoms with E-state index in [1.165, 1.54) is 11.1 Å². The van der Waals surface area contributed by atoms with Crippen LogP contribution in [0.15, 0.2) is 48.5 Å². The normalized spacial score (nSPS) is 18.0. The van der Waals surface area contributed by atoms with E-state index in [1.54, 1.807) is 4.90 Å². The summed E-state index contributed by atoms with van der Waals surface area (Å²) in [6.45, 7) is 4.68. The van der Waals surface area contributed by atoms with Gasteiger partial charge in [-0.1, -0.05) is 62.4 Å². The molecule has 2 aromatic carbocycles. The topological polar surface area (TPSA) is 95.9 Å². The van der Waals surface area contributed by atoms with E-state index in [-0.39, 0.29) is 43.2 Å². The molecular formula is C28H34N2O5. The quantitative estimate of drug-likeness (QED) is 0.568. The molecule has 35 heavy (non-hydrogen) atoms. The molecule has 1 saturated heterocycles. The third-order valence-corrected chi connectivity index (χ3v) is 7.20. The van der Waals surface area contributed by atoms with Crippen molar-refractivity contribution in [1.29, 1.82) is 0 Å². The second-order valence-electron chi connectivity index (χ2n) is 9.86. The second kappa shape index (κ2) is 10.9. The number of nitrogens with one attached hydrogen (secondary N) is 1. The van der Waals surface area contributed by atoms with Crippen molar-refractivity contribution in [2.24, 2.45) is 5.92 Å². The summed E-state index contributed by atoms with van der Waals surface area (Å²) in [6, 6.07) is 15.7. The molecule has 1 unspecified atom stereocenters. The number of benzene rings is 2. The van der Waals surface area contributed by atoms with Crippen molar-refractivity contribution in [2.45, 2.75) is 64.0 Å². The highest BCUT2D eigenvalue weighted by molar-refractivity contribution is 5.80. The largest absolute Gasteiger partial charge is 0.481 e. The van der Waals surface area contributed by atoms with Crippen LogP contribution in [0.3, 0.4) is 0 Å². The van der Waals surface area contributed by atoms with Gasteiger partial charge in [-0.15, -0.1) is 0 Å². The highest BCUT2D eigenvalue weighted by Gasteiger charge is 2.32. The first kappa shape index (κ1) is 24.8. The van der Waals surface area contributed by atoms with E-state index in [0.29, 0.717) is 13.0 Å². The fraction of sp³-hybridized carbons (Fsp3) is 0.464. The van der Waals surface area contributed by atoms with Crippen molar-refractivity contribution in [3.63, 3.8) is 0 Å². The number of alkyl carbamates (subject to hydrolysis) is 1. The number of nitrogens with zero attached hydrogens (tertiary/aromatic N) is 1. The van der Waals surface area contributed by atoms with Gasteiger partial charge >= 0.3 is 12.1 Å². The first-order valence-corrected chi connectivity index (χ1v) is 12.5. The van der Waals surface area contributed by atoms with Crippen molar-refractivity contribution in [1.82, 2.24) is 10.2 Å². The molecule has 0 saturated carbocycles. The SMILES string of the molecule is CC(C)[C@@H](CC(=O)N1CCCCC1CC(=O)O)NC(=O)OCC1c2ccccc2-c2ccccc21. The monoisotopic (exact) mass is 478 g/mol. The van der Waals surface area contributed by atoms with Gasteiger partial charge in [0.25, 0.3) is 0 Å². The smallest absolute Gasteiger partial charge is 0.407 e. The zero-order valence-electron chi connectivity index (χ0n) is 20.4. The van der Waals surface area contributed by atoms with Crippen molar-refractivity contribution >= 4 is 18.0 Å². The van der Waals surface area contributed by atoms with Gasteiger partial charge in [-0.2, -0.15) is 0 Å². The number of carboxylic acid groups (broad SMARTS) is 1. The molecule has 1 aliphatic carbocycles. The van der Waals surface area contributed by atoms with Gasteiger partial charge in [0.05, 0.1) is 6.42 Å². The lowest BCUT2D eigenvalue weighted by Crippen LogP contribution is -2.48. The Morgan fingerprint density at radius 2 is 1.66 bits per heavy atom. The highest BCUT2D eigenvalue weighted by atomic mass is 16.5. The molecule has 2 aliphatic rings. The number of carbonyl (C=O) groups is 3. The number of piperidine rings is 1. The van der Waals surface area contributed by atoms with Crippen molar-refractivity contribution in [3.05, 3.63) is 59.7 Å². The number of hydrogen-bond donors (Lipinski definition) is 2. The fourth-order valence-corrected chi connectivity index (χ4v) is 5.29. The standard InChI is InChI=1S/C28H34N2O5/c1-18(2)25(16-26(31)30-14-8-7-9-19(30)15-27(32)33)29-28(34)35-17-24-22-12-5-3-10-20(22)21-11-4-6-13-23(21)24/h3-6,10-13,18-19,24-25H,7-9,14-17H2,1-2H3,(H,29,34)(H,32,33)/t19?,25-/m1/s1. The molecule has 2 atom stereocenters. The molecule has 7 nitrogen and oxygen atoms in total. The predicted molar refractivity (Wildman–Crippen MR) is 133 cm³/mol. The molecule has 2 amide bonds. The van der Waals surface area contributed by atoms with Crippen molar-refractivity contribution in [2.75, 3.05) is 13.2 Å². The van der Waals surface area contributed by atoms with Crippen LogP contribution in [0.25, 0.3) is 11.1 Å². The van der Waals surface area contributed by atoms with Gasteiger partial charge in [0.1, 0.15) is 6.61 Å². The number of carboxylic acids is 1. The Morgan fingerprint density at radius 3 is 2.26 bits per heavy atom. The Morgan fingerprint density at radius 1 is 1.03 bits per heavy atom. The lowest BCUT2D eigenvalue weighted by atomic mass is 9.96. The molecule has 2 N–H and O–H groups in total. The van der Waals surface area contributed by atoms with Gasteiger partial charge in [0.2, 0.25) is 5.91 Å². The van der Waals surface area contributed by atoms with E-state index < -0.39 is 18.1 Å². The lowest BCUT2D eigenvalue weighted by molar-refractivity contribution is -0.142. The molecule has 1 aliphatic heterocycles. The van der Waals surface area contributed by atoms with Crippen LogP contribution < -0.4 is 5.32 Å². The minimum Gasteiger partial charge on any atom is -0.481 e. The molecule has 0 bridgehead atoms. The molecule has 1 heterocycles. The van der Waals surface area contributed by atoms with Crippen LogP contribution in [0.5, 0.6) is 0 Å². The van der Waals surface area contributed by atoms with Gasteiger partial charge in [-0.25, -0.2) is 4.79 Å². The first-order chi connectivity index (χ1) is 16.8. The van der Waals surface area contributed by atoms with Crippen LogP contribution in [0.4, 0.5) is 4.79 Å². The Labute approximate surface area is 206 Å². The number of carbonyl (C=O) groups excluding carboxylic acids is 2. The highest BCUT2D eigenvalue weighted by Crippen LogP contribution is 2.44. The maximum absolute atomic E-state index is 13.1. The lowest BCUT2D eigenvalue weighted by Gasteiger charge is -2.36. The fourth-order valence-electron chi connectivity index (χ4n) is 5.29. The molecule has 0 radical (unpaired) electrons. The van der Waals surface area contributed by atoms with Crippen LogP contribution >= 0.6 is 0 Å². The van der Waals surface area contributed by atoms with E-state index in [4.69, 9.17) is 4.74 Å². The van der Waals surface area contributed by atoms with Gasteiger partial charge < -0.3 is 20.1 Å². The number of amides is 2. The Bertz CT molecular complexity index is 1040. The minimum absolute atomic E-state index is 0.0159. The van der Waals surface area contributed by atoms with E-state index >= 15 is 0 Å². The summed E-state index contributed by atoms with van der Waals surface area (Å²) in [6.07, 6.45) is 2.03. The maximum Gasteiger partial charge on any atom is 0.407 e. The number of fused-ring (bicyclic) bond motifs is 3. The molecule has 186 valence electrons. The molecular weight excluding hydrogens is 444 g/mol. The summed E-state index contributed by atoms with van der Waals surface area (Å²) in [7, 11) is 0. The minimum atomic E-state index is -0.896. The number of ether oxygens (including phenoxy) is 1. The summed E-state index contributed by atoms with van der Waals surface area (Å²) in [5.74, 6) is -1.03. The summed E-state index contributed by atoms with van der Waals surface area (Å²) in [4.78, 5) is 38.8. The van der Waals surface area contributed by atoms with Gasteiger partial charge in [0.15, 0.2) is 0 Å². The zero-order valence-corrected chi connectivity index (χ0v) is 20.4. The average Bonchev–Trinajstić information content (AvgIpc) is 3.16. The number of hydrogen-bond acceptors (Lipinski definition) is 4. The third kappa shape index (κ3) is 5.66. The molecule has 2 aromatic rings. The Balaban J connectivity index is 1.37. The van der Waals surface area contributed by atoms with Crippen LogP contribution in [-0.4, -0.2) is 53.2 Å². The van der Waals surface area contributed by atoms with Crippen LogP contribution in [0, 0.1) is 5.92 Å². The molecule has 7 heteroatoms. The summed E-state index contributed by atoms with van der Waals surface area (Å²) in [5.41, 5.74) is 4.62. The van der Waals surface area contributed by atoms with E-state index in [9.17, 15) is 19.5 Å². The van der Waals surface area contributed by atoms with Crippen LogP contribution in [-0.2, 0) is 14.3 Å². The van der Waals surface area contributed by atoms with Crippen LogP contribution in [0.1, 0.15) is 63.0 Å². The molecule has 4 rings (SSSR count). The summed E-state index contributed by atoms with van der Waals surface area (Å²) >= 11 is 0. The Hall–Kier alpha value is -3.35. The van der Waals surface area contributed by atoms with Crippen LogP contribution in [0.2, 0.25) is 0 Å². The van der Waals surface area contributed by atoms with Gasteiger partial charge in [-0.3, -0.25) is 9.59 Å². The van der Waals surface area contributed by atoms with Crippen molar-refractivity contribution < 1.29 is 24.2 Å². The Kier molecular flexibility index (Phi) is 7.73. The van der Waals surface area contributed by atoms with E-state index in [2.05, 4.69) is 29.6 Å². The number of aliphatic carboxylic acids is 1. The van der Waals surface area contributed by atoms with Gasteiger partial charge in [-0.05, 0) is 47.4 Å². The predicted octanol–water partition coefficient (Wildman–Crippen LogP) is 4.80. The number of likely N-dealkylation sites (tertiary alicyclic amines) is 1. The summed E-state index contributed by atoms with van der Waals surface area (Å²) < 4.78 is 5.67. The third-order valence-electron chi connectivity index (χ3n) is 7.20. The molecule has 1 fully saturated rings. The maximum atomic E-state index is 13.1. The first-order valence-electron chi connectivity index (χ1n) is 12.5. The average molecular weight is 479 g/mol.